The number of hydrogen-bond acceptors (Lipinski definition) is 1. The van der Waals surface area contributed by atoms with Crippen molar-refractivity contribution in [3.05, 3.63) is 0 Å². The van der Waals surface area contributed by atoms with Crippen molar-refractivity contribution in [1.29, 1.82) is 0 Å². The van der Waals surface area contributed by atoms with E-state index in [1.54, 1.807) is 0 Å². The molecule has 0 aliphatic heterocycles. The third kappa shape index (κ3) is 1.75. The molecule has 10 heavy (non-hydrogen) atoms. The van der Waals surface area contributed by atoms with Gasteiger partial charge in [-0.3, -0.25) is 0 Å². The molecule has 1 unspecified atom stereocenters. The van der Waals surface area contributed by atoms with Crippen LogP contribution in [0.5, 0.6) is 0 Å². The summed E-state index contributed by atoms with van der Waals surface area (Å²) in [5.74, 6) is 6.15. The average molecular weight is 138 g/mol. The van der Waals surface area contributed by atoms with Crippen molar-refractivity contribution in [3.8, 4) is 11.8 Å². The molecule has 0 heterocycles. The van der Waals surface area contributed by atoms with Gasteiger partial charge in [-0.05, 0) is 19.8 Å². The van der Waals surface area contributed by atoms with Crippen LogP contribution in [0.4, 0.5) is 0 Å². The Bertz CT molecular complexity index is 152. The number of hydrogen-bond donors (Lipinski definition) is 1. The van der Waals surface area contributed by atoms with Crippen molar-refractivity contribution in [2.24, 2.45) is 5.92 Å². The third-order valence-corrected chi connectivity index (χ3v) is 2.06. The standard InChI is InChI=1S/C9H14O/c1-2-5-8-6-3-4-7-9(8)10/h8-10H,3-4,6-7H2,1H3/t8?,9-/m1/s1. The van der Waals surface area contributed by atoms with Gasteiger partial charge in [-0.25, -0.2) is 0 Å². The van der Waals surface area contributed by atoms with Gasteiger partial charge in [0.25, 0.3) is 0 Å². The molecule has 0 aromatic carbocycles. The van der Waals surface area contributed by atoms with Gasteiger partial charge in [0.05, 0.1) is 6.10 Å². The van der Waals surface area contributed by atoms with Crippen LogP contribution in [-0.4, -0.2) is 11.2 Å². The van der Waals surface area contributed by atoms with E-state index in [2.05, 4.69) is 11.8 Å². The van der Waals surface area contributed by atoms with Gasteiger partial charge in [0.2, 0.25) is 0 Å². The molecule has 0 spiro atoms. The first kappa shape index (κ1) is 7.63. The van der Waals surface area contributed by atoms with Crippen molar-refractivity contribution in [2.45, 2.75) is 38.7 Å². The zero-order valence-corrected chi connectivity index (χ0v) is 6.43. The summed E-state index contributed by atoms with van der Waals surface area (Å²) >= 11 is 0. The lowest BCUT2D eigenvalue weighted by atomic mass is 9.87. The second kappa shape index (κ2) is 3.63. The molecule has 56 valence electrons. The molecule has 0 radical (unpaired) electrons. The average Bonchev–Trinajstić information content (AvgIpc) is 1.94. The fourth-order valence-corrected chi connectivity index (χ4v) is 1.47. The molecular formula is C9H14O. The van der Waals surface area contributed by atoms with E-state index in [1.807, 2.05) is 6.92 Å². The van der Waals surface area contributed by atoms with Gasteiger partial charge in [0, 0.05) is 5.92 Å². The molecule has 0 amide bonds. The number of aliphatic hydroxyl groups is 1. The highest BCUT2D eigenvalue weighted by Gasteiger charge is 2.20. The van der Waals surface area contributed by atoms with E-state index in [9.17, 15) is 5.11 Å². The molecule has 0 aromatic rings. The van der Waals surface area contributed by atoms with E-state index in [0.717, 1.165) is 12.8 Å². The Balaban J connectivity index is 2.45. The highest BCUT2D eigenvalue weighted by molar-refractivity contribution is 5.04. The van der Waals surface area contributed by atoms with Crippen LogP contribution in [-0.2, 0) is 0 Å². The smallest absolute Gasteiger partial charge is 0.0677 e. The Morgan fingerprint density at radius 1 is 1.30 bits per heavy atom. The van der Waals surface area contributed by atoms with Crippen LogP contribution in [0.15, 0.2) is 0 Å². The summed E-state index contributed by atoms with van der Waals surface area (Å²) in [6, 6.07) is 0. The lowest BCUT2D eigenvalue weighted by Gasteiger charge is -2.22. The Kier molecular flexibility index (Phi) is 2.77. The first-order valence-corrected chi connectivity index (χ1v) is 3.95. The maximum atomic E-state index is 9.40. The van der Waals surface area contributed by atoms with Crippen LogP contribution in [0.25, 0.3) is 0 Å². The fraction of sp³-hybridized carbons (Fsp3) is 0.778. The van der Waals surface area contributed by atoms with Crippen molar-refractivity contribution in [2.75, 3.05) is 0 Å². The fourth-order valence-electron chi connectivity index (χ4n) is 1.47. The van der Waals surface area contributed by atoms with Crippen LogP contribution in [0.2, 0.25) is 0 Å². The molecule has 0 aromatic heterocycles. The summed E-state index contributed by atoms with van der Waals surface area (Å²) < 4.78 is 0. The normalized spacial score (nSPS) is 32.6. The van der Waals surface area contributed by atoms with Gasteiger partial charge in [0.15, 0.2) is 0 Å². The van der Waals surface area contributed by atoms with Gasteiger partial charge >= 0.3 is 0 Å². The van der Waals surface area contributed by atoms with Gasteiger partial charge in [0.1, 0.15) is 0 Å². The summed E-state index contributed by atoms with van der Waals surface area (Å²) in [7, 11) is 0. The van der Waals surface area contributed by atoms with E-state index >= 15 is 0 Å². The Hall–Kier alpha value is -0.480. The molecular weight excluding hydrogens is 124 g/mol. The van der Waals surface area contributed by atoms with Gasteiger partial charge in [-0.2, -0.15) is 0 Å². The molecule has 1 rings (SSSR count). The summed E-state index contributed by atoms with van der Waals surface area (Å²) in [4.78, 5) is 0. The largest absolute Gasteiger partial charge is 0.392 e. The minimum Gasteiger partial charge on any atom is -0.392 e. The molecule has 1 aliphatic carbocycles. The second-order valence-electron chi connectivity index (χ2n) is 2.85. The first-order chi connectivity index (χ1) is 4.84. The minimum atomic E-state index is -0.152. The summed E-state index contributed by atoms with van der Waals surface area (Å²) in [6.45, 7) is 1.83. The summed E-state index contributed by atoms with van der Waals surface area (Å²) in [6.07, 6.45) is 4.28. The van der Waals surface area contributed by atoms with Crippen LogP contribution in [0, 0.1) is 17.8 Å². The maximum absolute atomic E-state index is 9.40. The molecule has 1 fully saturated rings. The molecule has 2 atom stereocenters. The van der Waals surface area contributed by atoms with Crippen LogP contribution < -0.4 is 0 Å². The topological polar surface area (TPSA) is 20.2 Å². The third-order valence-electron chi connectivity index (χ3n) is 2.06. The molecule has 1 nitrogen and oxygen atoms in total. The number of rotatable bonds is 0. The molecule has 1 N–H and O–H groups in total. The highest BCUT2D eigenvalue weighted by Crippen LogP contribution is 2.23. The minimum absolute atomic E-state index is 0.152. The zero-order chi connectivity index (χ0) is 7.40. The molecule has 1 saturated carbocycles. The molecule has 1 heteroatoms. The van der Waals surface area contributed by atoms with E-state index in [-0.39, 0.29) is 12.0 Å². The molecule has 1 aliphatic rings. The van der Waals surface area contributed by atoms with Crippen LogP contribution in [0.1, 0.15) is 32.6 Å². The van der Waals surface area contributed by atoms with E-state index in [0.29, 0.717) is 0 Å². The highest BCUT2D eigenvalue weighted by atomic mass is 16.3. The van der Waals surface area contributed by atoms with E-state index in [1.165, 1.54) is 12.8 Å². The van der Waals surface area contributed by atoms with Crippen molar-refractivity contribution in [1.82, 2.24) is 0 Å². The van der Waals surface area contributed by atoms with Gasteiger partial charge in [-0.15, -0.1) is 5.92 Å². The van der Waals surface area contributed by atoms with Gasteiger partial charge in [-0.1, -0.05) is 18.8 Å². The quantitative estimate of drug-likeness (QED) is 0.504. The second-order valence-corrected chi connectivity index (χ2v) is 2.85. The molecule has 0 bridgehead atoms. The maximum Gasteiger partial charge on any atom is 0.0677 e. The SMILES string of the molecule is CC#CC1CCCC[C@H]1O. The zero-order valence-electron chi connectivity index (χ0n) is 6.43. The van der Waals surface area contributed by atoms with Crippen LogP contribution >= 0.6 is 0 Å². The predicted octanol–water partition coefficient (Wildman–Crippen LogP) is 1.56. The van der Waals surface area contributed by atoms with Crippen molar-refractivity contribution in [3.63, 3.8) is 0 Å². The van der Waals surface area contributed by atoms with Gasteiger partial charge < -0.3 is 5.11 Å². The van der Waals surface area contributed by atoms with E-state index < -0.39 is 0 Å². The predicted molar refractivity (Wildman–Crippen MR) is 41.4 cm³/mol. The van der Waals surface area contributed by atoms with E-state index in [4.69, 9.17) is 0 Å². The summed E-state index contributed by atoms with van der Waals surface area (Å²) in [5, 5.41) is 9.40. The summed E-state index contributed by atoms with van der Waals surface area (Å²) in [5.41, 5.74) is 0. The Morgan fingerprint density at radius 3 is 2.60 bits per heavy atom. The van der Waals surface area contributed by atoms with Crippen molar-refractivity contribution >= 4 is 0 Å². The Labute approximate surface area is 62.4 Å². The monoisotopic (exact) mass is 138 g/mol. The lowest BCUT2D eigenvalue weighted by Crippen LogP contribution is -2.22. The Morgan fingerprint density at radius 2 is 2.00 bits per heavy atom. The molecule has 0 saturated heterocycles. The van der Waals surface area contributed by atoms with Crippen molar-refractivity contribution < 1.29 is 5.11 Å². The number of aliphatic hydroxyl groups excluding tert-OH is 1. The van der Waals surface area contributed by atoms with Crippen LogP contribution in [0.3, 0.4) is 0 Å². The first-order valence-electron chi connectivity index (χ1n) is 3.95. The lowest BCUT2D eigenvalue weighted by molar-refractivity contribution is 0.0970.